The molecule has 512 valence electrons. The van der Waals surface area contributed by atoms with Crippen LogP contribution in [0.1, 0.15) is 24.9 Å². The van der Waals surface area contributed by atoms with Crippen LogP contribution in [0.2, 0.25) is 0 Å². The molecule has 0 amide bonds. The van der Waals surface area contributed by atoms with E-state index in [9.17, 15) is 81.1 Å². The van der Waals surface area contributed by atoms with Crippen LogP contribution < -0.4 is 37.6 Å². The van der Waals surface area contributed by atoms with Crippen LogP contribution in [0.5, 0.6) is 0 Å². The van der Waals surface area contributed by atoms with Crippen molar-refractivity contribution in [2.75, 3.05) is 49.4 Å². The van der Waals surface area contributed by atoms with Crippen molar-refractivity contribution in [3.8, 4) is 0 Å². The van der Waals surface area contributed by atoms with Gasteiger partial charge in [0.15, 0.2) is 92.8 Å². The van der Waals surface area contributed by atoms with E-state index in [0.29, 0.717) is 0 Å². The van der Waals surface area contributed by atoms with Crippen molar-refractivity contribution in [1.29, 1.82) is 0 Å². The summed E-state index contributed by atoms with van der Waals surface area (Å²) >= 11 is 0. The van der Waals surface area contributed by atoms with E-state index in [1.807, 2.05) is 0 Å². The van der Waals surface area contributed by atoms with Gasteiger partial charge in [-0.2, -0.15) is 0 Å². The Kier molecular flexibility index (Phi) is 18.5. The molecule has 19 atom stereocenters. The van der Waals surface area contributed by atoms with Gasteiger partial charge in [0.1, 0.15) is 98.6 Å². The number of phosphoric acid groups is 3. The van der Waals surface area contributed by atoms with Gasteiger partial charge in [0, 0.05) is 19.6 Å². The van der Waals surface area contributed by atoms with E-state index in [0.717, 1.165) is 43.6 Å². The first kappa shape index (κ1) is 67.5. The van der Waals surface area contributed by atoms with Gasteiger partial charge >= 0.3 is 0 Å². The van der Waals surface area contributed by atoms with Crippen molar-refractivity contribution in [3.05, 3.63) is 67.1 Å². The maximum absolute atomic E-state index is 14.2. The molecule has 8 aromatic rings. The van der Waals surface area contributed by atoms with Crippen LogP contribution in [0, 0.1) is 0 Å². The van der Waals surface area contributed by atoms with Crippen LogP contribution in [0.15, 0.2) is 45.8 Å². The molecule has 0 spiro atoms. The normalized spacial score (nSPS) is 29.0. The van der Waals surface area contributed by atoms with Crippen LogP contribution in [0.3, 0.4) is 0 Å². The number of azide groups is 4. The molecule has 0 saturated carbocycles. The molecule has 12 heterocycles. The molecule has 19 unspecified atom stereocenters. The second-order valence-electron chi connectivity index (χ2n) is 20.4. The summed E-state index contributed by atoms with van der Waals surface area (Å²) in [6, 6.07) is 0. The van der Waals surface area contributed by atoms with Crippen molar-refractivity contribution >= 4 is 115 Å². The Morgan fingerprint density at radius 3 is 0.979 bits per heavy atom. The zero-order valence-corrected chi connectivity index (χ0v) is 50.4. The number of aliphatic hydroxyl groups excluding tert-OH is 6. The summed E-state index contributed by atoms with van der Waals surface area (Å²) in [5, 5.41) is 81.2. The highest BCUT2D eigenvalue weighted by Crippen LogP contribution is 2.53. The molecule has 57 heteroatoms. The predicted octanol–water partition coefficient (Wildman–Crippen LogP) is -2.56. The van der Waals surface area contributed by atoms with Crippen LogP contribution in [0.25, 0.3) is 86.4 Å². The number of imidazole rings is 4. The van der Waals surface area contributed by atoms with Gasteiger partial charge in [0.05, 0.1) is 26.4 Å². The number of fused-ring (bicyclic) bond motifs is 4. The van der Waals surface area contributed by atoms with Gasteiger partial charge < -0.3 is 114 Å². The summed E-state index contributed by atoms with van der Waals surface area (Å²) < 4.78 is 100. The number of anilines is 4. The Balaban J connectivity index is 0.800. The minimum absolute atomic E-state index is 0.123. The lowest BCUT2D eigenvalue weighted by molar-refractivity contribution is -0.238. The first-order valence-electron chi connectivity index (χ1n) is 27.0. The molecular formula is C40H42N32O22P3-3. The second kappa shape index (κ2) is 26.5. The van der Waals surface area contributed by atoms with Crippen LogP contribution in [0.4, 0.5) is 47.1 Å². The zero-order valence-electron chi connectivity index (χ0n) is 47.8. The number of hydrogen-bond acceptors (Lipinski definition) is 42. The molecular weight excluding hydrogens is 1370 g/mol. The predicted molar refractivity (Wildman–Crippen MR) is 302 cm³/mol. The lowest BCUT2D eigenvalue weighted by Gasteiger charge is -2.32. The molecule has 4 aliphatic heterocycles. The topological polar surface area (TPSA) is 808 Å². The van der Waals surface area contributed by atoms with Crippen LogP contribution in [-0.2, 0) is 59.8 Å². The van der Waals surface area contributed by atoms with Gasteiger partial charge in [0.2, 0.25) is 23.8 Å². The van der Waals surface area contributed by atoms with Gasteiger partial charge in [-0.05, 0) is 42.6 Å². The van der Waals surface area contributed by atoms with E-state index in [1.54, 1.807) is 0 Å². The van der Waals surface area contributed by atoms with Crippen LogP contribution >= 0.6 is 23.5 Å². The summed E-state index contributed by atoms with van der Waals surface area (Å²) in [5.41, 5.74) is 59.5. The minimum Gasteiger partial charge on any atom is -0.756 e. The largest absolute Gasteiger partial charge is 0.756 e. The minimum atomic E-state index is -6.14. The molecule has 12 rings (SSSR count). The van der Waals surface area contributed by atoms with Crippen molar-refractivity contribution < 1.29 is 105 Å². The van der Waals surface area contributed by atoms with E-state index in [-0.39, 0.29) is 62.3 Å². The fourth-order valence-corrected chi connectivity index (χ4v) is 13.4. The molecule has 4 fully saturated rings. The average molecular weight is 1420 g/mol. The van der Waals surface area contributed by atoms with Crippen molar-refractivity contribution in [2.45, 2.75) is 98.2 Å². The Morgan fingerprint density at radius 1 is 0.433 bits per heavy atom. The molecule has 14 N–H and O–H groups in total. The Morgan fingerprint density at radius 2 is 0.691 bits per heavy atom. The molecule has 4 saturated heterocycles. The van der Waals surface area contributed by atoms with Gasteiger partial charge in [-0.3, -0.25) is 32.0 Å². The third kappa shape index (κ3) is 12.6. The first-order valence-corrected chi connectivity index (χ1v) is 31.4. The molecule has 4 aliphatic rings. The summed E-state index contributed by atoms with van der Waals surface area (Å²) in [7, 11) is -18.0. The summed E-state index contributed by atoms with van der Waals surface area (Å²) in [5.74, 6) is -3.61. The maximum atomic E-state index is 14.2. The van der Waals surface area contributed by atoms with Gasteiger partial charge in [0.25, 0.3) is 23.5 Å². The monoisotopic (exact) mass is 1420 g/mol. The molecule has 8 aromatic heterocycles. The Bertz CT molecular complexity index is 4750. The molecule has 0 aromatic carbocycles. The highest BCUT2D eigenvalue weighted by Gasteiger charge is 2.54. The average Bonchev–Trinajstić information content (AvgIpc) is 1.62. The fourth-order valence-electron chi connectivity index (χ4n) is 10.7. The van der Waals surface area contributed by atoms with Crippen molar-refractivity contribution in [3.63, 3.8) is 0 Å². The molecule has 0 aliphatic carbocycles. The van der Waals surface area contributed by atoms with E-state index in [2.05, 4.69) is 99.9 Å². The maximum Gasteiger partial charge on any atom is 0.268 e. The molecule has 54 nitrogen and oxygen atoms in total. The SMILES string of the molecule is [N-]=[N+]=Nc1nc2c(N)ncnc2n1C1OC(COP(=O)([O-])OC2C(O)C(COP(=O)([O-])OC3C(O)C(COP(=O)([O-])OC4C(O)C(CO)OC4n4c(N=[N+]=[N-])nc5c(N)ncnc54)OC3n3c(N=[N+]=[N-])nc4c(N)ncnc43)OC2n2c(N=[N+]=[N-])nc3c(N)ncnc32)C(O)C1O. The van der Waals surface area contributed by atoms with E-state index < -0.39 is 177 Å². The molecule has 97 heavy (non-hydrogen) atoms. The number of phosphoric ester groups is 3. The van der Waals surface area contributed by atoms with Gasteiger partial charge in [-0.25, -0.2) is 59.8 Å². The van der Waals surface area contributed by atoms with Gasteiger partial charge in [-0.15, -0.1) is 0 Å². The van der Waals surface area contributed by atoms with Gasteiger partial charge in [-0.1, -0.05) is 0 Å². The second-order valence-corrected chi connectivity index (χ2v) is 24.5. The molecule has 0 bridgehead atoms. The quantitative estimate of drug-likeness (QED) is 0.0129. The highest BCUT2D eigenvalue weighted by molar-refractivity contribution is 7.46. The first-order chi connectivity index (χ1) is 46.3. The fraction of sp³-hybridized carbons (Fsp3) is 0.500. The number of aromatic nitrogens is 16. The Labute approximate surface area is 532 Å². The Hall–Kier alpha value is -9.43. The lowest BCUT2D eigenvalue weighted by atomic mass is 10.1. The number of nitrogens with zero attached hydrogens (tertiary/aromatic N) is 28. The zero-order chi connectivity index (χ0) is 69.2. The lowest BCUT2D eigenvalue weighted by Crippen LogP contribution is -2.39. The van der Waals surface area contributed by atoms with Crippen LogP contribution in [-0.4, -0.2) is 208 Å². The summed E-state index contributed by atoms with van der Waals surface area (Å²) in [4.78, 5) is 100. The number of rotatable bonds is 24. The van der Waals surface area contributed by atoms with Crippen molar-refractivity contribution in [2.24, 2.45) is 20.5 Å². The van der Waals surface area contributed by atoms with Crippen molar-refractivity contribution in [1.82, 2.24) is 78.1 Å². The molecule has 0 radical (unpaired) electrons. The van der Waals surface area contributed by atoms with E-state index in [1.165, 1.54) is 0 Å². The number of nitrogens with two attached hydrogens (primary N) is 4. The summed E-state index contributed by atoms with van der Waals surface area (Å²) in [6.07, 6.45) is -29.4. The number of hydrogen-bond donors (Lipinski definition) is 10. The number of aliphatic hydroxyl groups is 6. The highest BCUT2D eigenvalue weighted by atomic mass is 31.2. The number of ether oxygens (including phenoxy) is 4. The van der Waals surface area contributed by atoms with E-state index >= 15 is 0 Å². The standard InChI is InChI=1S/C40H45N32O22P3/c41-25-13-29(53-5-49-25)69(37(57-13)61-65-45)33-21(78)17(74)10(89-33)2-85-95(79,80)93-23-19(76)12(91-35(23)71-31-15(27(43)51-7-55-31)59-39(71)63-67-47)4-87-97(83,84)94-24-20(77)11(90-36(24)72-32-16(28(44)52-8-56-32)60-40(72)64-68-48)3-86-96(81,82)92-22-18(75)9(1-73)88-34(22)70-30-14(26(42)50-6-54-30)58-38(70)62-66-46/h5-12,17-24,33-36,73-78H,1-4H2,(H,79,80)(H,81,82)(H,83,84)(H2,41,49,53)(H2,42,50,54)(H2,43,51,55)(H2,44,52,56)/p-3. The third-order valence-electron chi connectivity index (χ3n) is 14.9. The third-order valence-corrected chi connectivity index (χ3v) is 17.8. The van der Waals surface area contributed by atoms with E-state index in [4.69, 9.17) is 69.0 Å². The smallest absolute Gasteiger partial charge is 0.268 e. The summed E-state index contributed by atoms with van der Waals surface area (Å²) in [6.45, 7) is -4.89. The number of nitrogen functional groups attached to an aromatic ring is 4.